The van der Waals surface area contributed by atoms with E-state index >= 15 is 0 Å². The number of likely N-dealkylation sites (tertiary alicyclic amines) is 1. The molecule has 1 atom stereocenters. The van der Waals surface area contributed by atoms with Gasteiger partial charge in [-0.2, -0.15) is 0 Å². The largest absolute Gasteiger partial charge is 0.496 e. The first-order chi connectivity index (χ1) is 13.2. The highest BCUT2D eigenvalue weighted by Gasteiger charge is 2.23. The minimum atomic E-state index is 0. The zero-order chi connectivity index (χ0) is 19.5. The lowest BCUT2D eigenvalue weighted by Gasteiger charge is -2.23. The molecule has 2 rings (SSSR count). The highest BCUT2D eigenvalue weighted by Crippen LogP contribution is 2.19. The van der Waals surface area contributed by atoms with Crippen LogP contribution in [0.15, 0.2) is 23.2 Å². The van der Waals surface area contributed by atoms with Crippen LogP contribution >= 0.6 is 24.0 Å². The van der Waals surface area contributed by atoms with Gasteiger partial charge in [-0.05, 0) is 56.8 Å². The van der Waals surface area contributed by atoms with E-state index in [9.17, 15) is 0 Å². The molecule has 0 aromatic heterocycles. The molecule has 0 spiro atoms. The highest BCUT2D eigenvalue weighted by atomic mass is 127. The van der Waals surface area contributed by atoms with Gasteiger partial charge >= 0.3 is 0 Å². The van der Waals surface area contributed by atoms with E-state index in [-0.39, 0.29) is 24.0 Å². The number of hydrogen-bond acceptors (Lipinski definition) is 4. The number of nitrogens with zero attached hydrogens (tertiary/aromatic N) is 2. The maximum atomic E-state index is 5.42. The third-order valence-electron chi connectivity index (χ3n) is 5.06. The Balaban J connectivity index is 0.00000392. The number of rotatable bonds is 10. The number of benzene rings is 1. The van der Waals surface area contributed by atoms with Crippen LogP contribution in [0.2, 0.25) is 0 Å². The van der Waals surface area contributed by atoms with E-state index < -0.39 is 0 Å². The van der Waals surface area contributed by atoms with Gasteiger partial charge in [0.25, 0.3) is 0 Å². The summed E-state index contributed by atoms with van der Waals surface area (Å²) in [5.74, 6) is 1.85. The molecule has 0 saturated carbocycles. The number of hydrogen-bond donors (Lipinski definition) is 2. The smallest absolute Gasteiger partial charge is 0.191 e. The van der Waals surface area contributed by atoms with Crippen LogP contribution in [0.25, 0.3) is 0 Å². The van der Waals surface area contributed by atoms with E-state index in [4.69, 9.17) is 14.5 Å². The second-order valence-electron chi connectivity index (χ2n) is 7.03. The van der Waals surface area contributed by atoms with Crippen molar-refractivity contribution >= 4 is 29.9 Å². The number of guanidine groups is 1. The average molecular weight is 504 g/mol. The van der Waals surface area contributed by atoms with Crippen LogP contribution in [0.3, 0.4) is 0 Å². The van der Waals surface area contributed by atoms with Crippen LogP contribution in [0.1, 0.15) is 30.9 Å². The molecular weight excluding hydrogens is 467 g/mol. The van der Waals surface area contributed by atoms with Crippen LogP contribution in [0.5, 0.6) is 5.75 Å². The van der Waals surface area contributed by atoms with Crippen molar-refractivity contribution in [3.63, 3.8) is 0 Å². The number of nitrogens with one attached hydrogen (secondary N) is 2. The predicted octanol–water partition coefficient (Wildman–Crippen LogP) is 2.83. The molecule has 1 fully saturated rings. The molecule has 0 amide bonds. The lowest BCUT2D eigenvalue weighted by Crippen LogP contribution is -2.40. The van der Waals surface area contributed by atoms with Gasteiger partial charge in [0, 0.05) is 32.8 Å². The van der Waals surface area contributed by atoms with Crippen molar-refractivity contribution in [1.29, 1.82) is 0 Å². The Morgan fingerprint density at radius 3 is 2.82 bits per heavy atom. The number of aliphatic imine (C=N–C) groups is 1. The summed E-state index contributed by atoms with van der Waals surface area (Å²) in [6, 6.07) is 6.92. The summed E-state index contributed by atoms with van der Waals surface area (Å²) in [4.78, 5) is 7.32. The van der Waals surface area contributed by atoms with E-state index in [1.54, 1.807) is 14.2 Å². The van der Waals surface area contributed by atoms with Crippen molar-refractivity contribution in [3.05, 3.63) is 29.3 Å². The van der Waals surface area contributed by atoms with Crippen molar-refractivity contribution in [2.24, 2.45) is 4.99 Å². The van der Waals surface area contributed by atoms with Crippen molar-refractivity contribution < 1.29 is 9.47 Å². The summed E-state index contributed by atoms with van der Waals surface area (Å²) in [6.45, 7) is 9.64. The Labute approximate surface area is 187 Å². The molecule has 1 heterocycles. The molecule has 2 N–H and O–H groups in total. The second kappa shape index (κ2) is 14.0. The highest BCUT2D eigenvalue weighted by molar-refractivity contribution is 14.0. The lowest BCUT2D eigenvalue weighted by molar-refractivity contribution is 0.142. The number of methoxy groups -OCH3 is 2. The minimum absolute atomic E-state index is 0. The van der Waals surface area contributed by atoms with Crippen LogP contribution in [-0.4, -0.2) is 70.5 Å². The van der Waals surface area contributed by atoms with E-state index in [1.807, 2.05) is 0 Å². The summed E-state index contributed by atoms with van der Waals surface area (Å²) >= 11 is 0. The standard InChI is InChI=1S/C21H36N4O2.HI/c1-5-22-21(24-16-19-7-6-12-25(19)13-14-26-3)23-11-10-18-9-8-17(2)20(15-18)27-4;/h8-9,15,19H,5-7,10-14,16H2,1-4H3,(H2,22,23,24);1H. The zero-order valence-corrected chi connectivity index (χ0v) is 20.1. The number of ether oxygens (including phenoxy) is 2. The molecule has 0 aliphatic carbocycles. The molecule has 28 heavy (non-hydrogen) atoms. The van der Waals surface area contributed by atoms with Crippen LogP contribution in [0.4, 0.5) is 0 Å². The fraction of sp³-hybridized carbons (Fsp3) is 0.667. The Hall–Kier alpha value is -1.06. The Morgan fingerprint density at radius 2 is 2.11 bits per heavy atom. The zero-order valence-electron chi connectivity index (χ0n) is 17.8. The second-order valence-corrected chi connectivity index (χ2v) is 7.03. The average Bonchev–Trinajstić information content (AvgIpc) is 3.13. The molecule has 0 bridgehead atoms. The van der Waals surface area contributed by atoms with Gasteiger partial charge in [0.2, 0.25) is 0 Å². The van der Waals surface area contributed by atoms with E-state index in [0.29, 0.717) is 6.04 Å². The maximum absolute atomic E-state index is 5.42. The van der Waals surface area contributed by atoms with Crippen molar-refractivity contribution in [3.8, 4) is 5.75 Å². The van der Waals surface area contributed by atoms with Gasteiger partial charge in [-0.1, -0.05) is 12.1 Å². The molecule has 1 saturated heterocycles. The molecule has 1 aliphatic rings. The van der Waals surface area contributed by atoms with Crippen molar-refractivity contribution in [2.75, 3.05) is 53.6 Å². The number of aryl methyl sites for hydroxylation is 1. The summed E-state index contributed by atoms with van der Waals surface area (Å²) in [5, 5.41) is 6.81. The Morgan fingerprint density at radius 1 is 1.29 bits per heavy atom. The Kier molecular flexibility index (Phi) is 12.5. The quantitative estimate of drug-likeness (QED) is 0.292. The lowest BCUT2D eigenvalue weighted by atomic mass is 10.1. The molecule has 1 aromatic carbocycles. The van der Waals surface area contributed by atoms with Gasteiger partial charge in [0.1, 0.15) is 5.75 Å². The summed E-state index contributed by atoms with van der Waals surface area (Å²) < 4.78 is 10.6. The van der Waals surface area contributed by atoms with Gasteiger partial charge in [0.05, 0.1) is 20.3 Å². The van der Waals surface area contributed by atoms with Crippen molar-refractivity contribution in [2.45, 2.75) is 39.2 Å². The van der Waals surface area contributed by atoms with Crippen molar-refractivity contribution in [1.82, 2.24) is 15.5 Å². The van der Waals surface area contributed by atoms with E-state index in [0.717, 1.165) is 57.5 Å². The summed E-state index contributed by atoms with van der Waals surface area (Å²) in [7, 11) is 3.49. The van der Waals surface area contributed by atoms with Gasteiger partial charge in [-0.25, -0.2) is 0 Å². The molecule has 160 valence electrons. The summed E-state index contributed by atoms with van der Waals surface area (Å²) in [5.41, 5.74) is 2.43. The minimum Gasteiger partial charge on any atom is -0.496 e. The third-order valence-corrected chi connectivity index (χ3v) is 5.06. The fourth-order valence-corrected chi connectivity index (χ4v) is 3.49. The summed E-state index contributed by atoms with van der Waals surface area (Å²) in [6.07, 6.45) is 3.41. The molecule has 1 aromatic rings. The van der Waals surface area contributed by atoms with E-state index in [2.05, 4.69) is 47.6 Å². The van der Waals surface area contributed by atoms with Gasteiger partial charge < -0.3 is 20.1 Å². The van der Waals surface area contributed by atoms with Crippen LogP contribution in [-0.2, 0) is 11.2 Å². The third kappa shape index (κ3) is 8.13. The number of halogens is 1. The van der Waals surface area contributed by atoms with E-state index in [1.165, 1.54) is 24.0 Å². The van der Waals surface area contributed by atoms with Gasteiger partial charge in [0.15, 0.2) is 5.96 Å². The topological polar surface area (TPSA) is 58.1 Å². The van der Waals surface area contributed by atoms with Crippen LogP contribution in [0, 0.1) is 6.92 Å². The molecule has 6 nitrogen and oxygen atoms in total. The maximum Gasteiger partial charge on any atom is 0.191 e. The van der Waals surface area contributed by atoms with Gasteiger partial charge in [-0.15, -0.1) is 24.0 Å². The first kappa shape index (κ1) is 25.0. The first-order valence-electron chi connectivity index (χ1n) is 10.1. The molecule has 1 unspecified atom stereocenters. The van der Waals surface area contributed by atoms with Crippen LogP contribution < -0.4 is 15.4 Å². The SMILES string of the molecule is CCNC(=NCC1CCCN1CCOC)NCCc1ccc(C)c(OC)c1.I. The molecule has 0 radical (unpaired) electrons. The predicted molar refractivity (Wildman–Crippen MR) is 127 cm³/mol. The molecule has 7 heteroatoms. The molecular formula is C21H37IN4O2. The van der Waals surface area contributed by atoms with Gasteiger partial charge in [-0.3, -0.25) is 9.89 Å². The molecule has 1 aliphatic heterocycles. The fourth-order valence-electron chi connectivity index (χ4n) is 3.49. The first-order valence-corrected chi connectivity index (χ1v) is 10.1. The Bertz CT molecular complexity index is 598. The normalized spacial score (nSPS) is 17.3. The monoisotopic (exact) mass is 504 g/mol.